The molecule has 0 radical (unpaired) electrons. The Morgan fingerprint density at radius 1 is 0.875 bits per heavy atom. The van der Waals surface area contributed by atoms with E-state index in [9.17, 15) is 0 Å². The van der Waals surface area contributed by atoms with Gasteiger partial charge in [-0.15, -0.1) is 0 Å². The van der Waals surface area contributed by atoms with Crippen LogP contribution in [0.15, 0.2) is 42.5 Å². The van der Waals surface area contributed by atoms with Gasteiger partial charge in [-0.2, -0.15) is 0 Å². The lowest BCUT2D eigenvalue weighted by Gasteiger charge is -2.51. The van der Waals surface area contributed by atoms with Gasteiger partial charge in [-0.1, -0.05) is 51.1 Å². The molecule has 3 rings (SSSR count). The highest BCUT2D eigenvalue weighted by atomic mass is 16.5. The second kappa shape index (κ2) is 11.5. The molecule has 0 amide bonds. The molecule has 1 aliphatic rings. The summed E-state index contributed by atoms with van der Waals surface area (Å²) in [5.41, 5.74) is 2.54. The van der Waals surface area contributed by atoms with E-state index in [1.165, 1.54) is 11.1 Å². The zero-order chi connectivity index (χ0) is 23.1. The molecule has 2 unspecified atom stereocenters. The van der Waals surface area contributed by atoms with Crippen LogP contribution in [0.1, 0.15) is 44.4 Å². The molecule has 176 valence electrons. The SMILES string of the molecule is CCC1C(c2ccccc2)N(N(CC)CC)CCN1Cc1cc(OC)c(OC)c(OC)c1. The Labute approximate surface area is 193 Å². The van der Waals surface area contributed by atoms with Gasteiger partial charge in [0, 0.05) is 38.8 Å². The van der Waals surface area contributed by atoms with E-state index >= 15 is 0 Å². The number of rotatable bonds is 10. The van der Waals surface area contributed by atoms with Crippen molar-refractivity contribution >= 4 is 0 Å². The molecule has 6 heteroatoms. The van der Waals surface area contributed by atoms with Gasteiger partial charge in [0.2, 0.25) is 5.75 Å². The van der Waals surface area contributed by atoms with Crippen molar-refractivity contribution in [2.24, 2.45) is 0 Å². The van der Waals surface area contributed by atoms with Crippen LogP contribution in [0.3, 0.4) is 0 Å². The lowest BCUT2D eigenvalue weighted by Crippen LogP contribution is -2.59. The van der Waals surface area contributed by atoms with Gasteiger partial charge in [0.1, 0.15) is 0 Å². The summed E-state index contributed by atoms with van der Waals surface area (Å²) in [5, 5.41) is 5.08. The summed E-state index contributed by atoms with van der Waals surface area (Å²) < 4.78 is 16.7. The van der Waals surface area contributed by atoms with Crippen LogP contribution in [0.5, 0.6) is 17.2 Å². The van der Waals surface area contributed by atoms with Gasteiger partial charge in [0.05, 0.1) is 27.4 Å². The number of ether oxygens (including phenoxy) is 3. The van der Waals surface area contributed by atoms with Crippen molar-refractivity contribution in [3.05, 3.63) is 53.6 Å². The number of hydrogen-bond acceptors (Lipinski definition) is 6. The summed E-state index contributed by atoms with van der Waals surface area (Å²) in [7, 11) is 4.98. The maximum atomic E-state index is 5.59. The van der Waals surface area contributed by atoms with Crippen LogP contribution < -0.4 is 14.2 Å². The molecule has 0 aliphatic carbocycles. The van der Waals surface area contributed by atoms with Crippen LogP contribution in [-0.4, -0.2) is 68.5 Å². The Hall–Kier alpha value is -2.28. The Bertz CT molecular complexity index is 816. The van der Waals surface area contributed by atoms with Crippen molar-refractivity contribution in [3.63, 3.8) is 0 Å². The maximum Gasteiger partial charge on any atom is 0.203 e. The van der Waals surface area contributed by atoms with Crippen molar-refractivity contribution in [3.8, 4) is 17.2 Å². The summed E-state index contributed by atoms with van der Waals surface area (Å²) in [5.74, 6) is 2.05. The first-order valence-corrected chi connectivity index (χ1v) is 11.7. The van der Waals surface area contributed by atoms with Gasteiger partial charge in [-0.05, 0) is 29.7 Å². The molecule has 0 spiro atoms. The molecule has 6 nitrogen and oxygen atoms in total. The zero-order valence-electron chi connectivity index (χ0n) is 20.5. The fourth-order valence-electron chi connectivity index (χ4n) is 5.02. The standard InChI is InChI=1S/C26H39N3O3/c1-7-22-25(21-13-11-10-12-14-21)29(28(8-2)9-3)16-15-27(22)19-20-17-23(30-4)26(32-6)24(18-20)31-5/h10-14,17-18,22,25H,7-9,15-16,19H2,1-6H3. The van der Waals surface area contributed by atoms with Gasteiger partial charge in [0.25, 0.3) is 0 Å². The molecule has 2 atom stereocenters. The Morgan fingerprint density at radius 2 is 1.50 bits per heavy atom. The van der Waals surface area contributed by atoms with E-state index in [1.54, 1.807) is 21.3 Å². The van der Waals surface area contributed by atoms with Gasteiger partial charge in [-0.25, -0.2) is 10.0 Å². The van der Waals surface area contributed by atoms with Gasteiger partial charge in [-0.3, -0.25) is 4.90 Å². The van der Waals surface area contributed by atoms with Crippen molar-refractivity contribution < 1.29 is 14.2 Å². The summed E-state index contributed by atoms with van der Waals surface area (Å²) in [4.78, 5) is 2.61. The molecule has 1 heterocycles. The van der Waals surface area contributed by atoms with Crippen LogP contribution in [0.2, 0.25) is 0 Å². The van der Waals surface area contributed by atoms with Crippen LogP contribution >= 0.6 is 0 Å². The molecule has 32 heavy (non-hydrogen) atoms. The van der Waals surface area contributed by atoms with Gasteiger partial charge >= 0.3 is 0 Å². The first-order valence-electron chi connectivity index (χ1n) is 11.7. The lowest BCUT2D eigenvalue weighted by atomic mass is 9.92. The number of hydrazine groups is 1. The Kier molecular flexibility index (Phi) is 8.79. The quantitative estimate of drug-likeness (QED) is 0.536. The molecule has 0 N–H and O–H groups in total. The molecule has 2 aromatic carbocycles. The molecule has 1 fully saturated rings. The minimum atomic E-state index is 0.317. The van der Waals surface area contributed by atoms with Crippen molar-refractivity contribution in [2.45, 2.75) is 45.8 Å². The van der Waals surface area contributed by atoms with Crippen LogP contribution in [0.25, 0.3) is 0 Å². The minimum Gasteiger partial charge on any atom is -0.493 e. The van der Waals surface area contributed by atoms with E-state index in [2.05, 4.69) is 78.2 Å². The number of piperazine rings is 1. The first kappa shape index (κ1) is 24.4. The largest absolute Gasteiger partial charge is 0.493 e. The van der Waals surface area contributed by atoms with E-state index < -0.39 is 0 Å². The highest BCUT2D eigenvalue weighted by molar-refractivity contribution is 5.53. The molecule has 1 aliphatic heterocycles. The topological polar surface area (TPSA) is 37.4 Å². The molecule has 2 aromatic rings. The van der Waals surface area contributed by atoms with E-state index in [1.807, 2.05) is 0 Å². The smallest absolute Gasteiger partial charge is 0.203 e. The van der Waals surface area contributed by atoms with E-state index in [0.717, 1.165) is 39.1 Å². The third-order valence-corrected chi connectivity index (χ3v) is 6.53. The number of nitrogens with zero attached hydrogens (tertiary/aromatic N) is 3. The lowest BCUT2D eigenvalue weighted by molar-refractivity contribution is -0.119. The molecule has 1 saturated heterocycles. The third kappa shape index (κ3) is 5.03. The van der Waals surface area contributed by atoms with Crippen molar-refractivity contribution in [1.29, 1.82) is 0 Å². The number of hydrogen-bond donors (Lipinski definition) is 0. The summed E-state index contributed by atoms with van der Waals surface area (Å²) in [6.07, 6.45) is 1.07. The van der Waals surface area contributed by atoms with Crippen LogP contribution in [0.4, 0.5) is 0 Å². The van der Waals surface area contributed by atoms with Crippen molar-refractivity contribution in [2.75, 3.05) is 47.5 Å². The second-order valence-electron chi connectivity index (χ2n) is 8.14. The van der Waals surface area contributed by atoms with Crippen molar-refractivity contribution in [1.82, 2.24) is 14.9 Å². The van der Waals surface area contributed by atoms with Gasteiger partial charge < -0.3 is 14.2 Å². The minimum absolute atomic E-state index is 0.317. The maximum absolute atomic E-state index is 5.59. The fourth-order valence-corrected chi connectivity index (χ4v) is 5.02. The average Bonchev–Trinajstić information content (AvgIpc) is 2.84. The van der Waals surface area contributed by atoms with E-state index in [0.29, 0.717) is 29.3 Å². The Balaban J connectivity index is 1.95. The highest BCUT2D eigenvalue weighted by Crippen LogP contribution is 2.40. The normalized spacial score (nSPS) is 19.8. The first-order chi connectivity index (χ1) is 15.6. The Morgan fingerprint density at radius 3 is 2.00 bits per heavy atom. The molecule has 0 aromatic heterocycles. The van der Waals surface area contributed by atoms with Gasteiger partial charge in [0.15, 0.2) is 11.5 Å². The molecular weight excluding hydrogens is 402 g/mol. The third-order valence-electron chi connectivity index (χ3n) is 6.53. The summed E-state index contributed by atoms with van der Waals surface area (Å²) in [6.45, 7) is 11.7. The monoisotopic (exact) mass is 441 g/mol. The predicted molar refractivity (Wildman–Crippen MR) is 129 cm³/mol. The summed E-state index contributed by atoms with van der Waals surface area (Å²) >= 11 is 0. The number of methoxy groups -OCH3 is 3. The number of benzene rings is 2. The van der Waals surface area contributed by atoms with Crippen LogP contribution in [0, 0.1) is 0 Å². The molecular formula is C26H39N3O3. The fraction of sp³-hybridized carbons (Fsp3) is 0.538. The van der Waals surface area contributed by atoms with E-state index in [4.69, 9.17) is 14.2 Å². The zero-order valence-corrected chi connectivity index (χ0v) is 20.5. The highest BCUT2D eigenvalue weighted by Gasteiger charge is 2.38. The average molecular weight is 442 g/mol. The summed E-state index contributed by atoms with van der Waals surface area (Å²) in [6, 6.07) is 15.8. The molecule has 0 saturated carbocycles. The van der Waals surface area contributed by atoms with E-state index in [-0.39, 0.29) is 0 Å². The second-order valence-corrected chi connectivity index (χ2v) is 8.14. The predicted octanol–water partition coefficient (Wildman–Crippen LogP) is 4.61. The van der Waals surface area contributed by atoms with Crippen LogP contribution in [-0.2, 0) is 6.54 Å². The molecule has 0 bridgehead atoms.